The van der Waals surface area contributed by atoms with Gasteiger partial charge in [-0.3, -0.25) is 14.3 Å². The maximum atomic E-state index is 12.1. The van der Waals surface area contributed by atoms with Gasteiger partial charge in [-0.2, -0.15) is 5.10 Å². The summed E-state index contributed by atoms with van der Waals surface area (Å²) in [4.78, 5) is 25.5. The van der Waals surface area contributed by atoms with Gasteiger partial charge in [0, 0.05) is 38.8 Å². The number of halogens is 1. The molecule has 1 aromatic carbocycles. The van der Waals surface area contributed by atoms with Gasteiger partial charge < -0.3 is 10.2 Å². The summed E-state index contributed by atoms with van der Waals surface area (Å²) >= 11 is 6.09. The molecular formula is C16H19ClN4O2. The van der Waals surface area contributed by atoms with E-state index in [1.54, 1.807) is 43.2 Å². The van der Waals surface area contributed by atoms with Crippen LogP contribution in [0.25, 0.3) is 0 Å². The highest BCUT2D eigenvalue weighted by atomic mass is 35.5. The summed E-state index contributed by atoms with van der Waals surface area (Å²) in [5, 5.41) is 7.26. The van der Waals surface area contributed by atoms with Crippen molar-refractivity contribution in [1.29, 1.82) is 0 Å². The van der Waals surface area contributed by atoms with E-state index in [0.717, 1.165) is 5.56 Å². The molecule has 0 atom stereocenters. The van der Waals surface area contributed by atoms with E-state index in [-0.39, 0.29) is 18.2 Å². The highest BCUT2D eigenvalue weighted by Gasteiger charge is 2.12. The topological polar surface area (TPSA) is 67.2 Å². The fourth-order valence-electron chi connectivity index (χ4n) is 2.03. The number of rotatable bonds is 5. The fraction of sp³-hybridized carbons (Fsp3) is 0.312. The zero-order valence-electron chi connectivity index (χ0n) is 13.3. The number of hydrogen-bond donors (Lipinski definition) is 1. The van der Waals surface area contributed by atoms with Crippen molar-refractivity contribution in [1.82, 2.24) is 14.7 Å². The standard InChI is InChI=1S/C16H19ClN4O2/c1-11-9-18-21(10-11)7-6-15(22)19-14-8-12(4-5-13(14)17)16(23)20(2)3/h4-5,8-10H,6-7H2,1-3H3,(H,19,22). The second kappa shape index (κ2) is 7.28. The highest BCUT2D eigenvalue weighted by molar-refractivity contribution is 6.33. The third kappa shape index (κ3) is 4.56. The van der Waals surface area contributed by atoms with Crippen LogP contribution < -0.4 is 5.32 Å². The number of nitrogens with zero attached hydrogens (tertiary/aromatic N) is 3. The van der Waals surface area contributed by atoms with Gasteiger partial charge in [-0.1, -0.05) is 11.6 Å². The molecule has 2 aromatic rings. The Labute approximate surface area is 140 Å². The molecule has 0 fully saturated rings. The molecule has 0 saturated carbocycles. The van der Waals surface area contributed by atoms with Crippen LogP contribution in [0.1, 0.15) is 22.3 Å². The number of carbonyl (C=O) groups is 2. The molecule has 0 aliphatic rings. The average molecular weight is 335 g/mol. The Balaban J connectivity index is 2.02. The van der Waals surface area contributed by atoms with Crippen LogP contribution in [0.2, 0.25) is 5.02 Å². The number of hydrogen-bond acceptors (Lipinski definition) is 3. The molecule has 7 heteroatoms. The van der Waals surface area contributed by atoms with Gasteiger partial charge in [0.2, 0.25) is 5.91 Å². The van der Waals surface area contributed by atoms with Crippen LogP contribution in [0.4, 0.5) is 5.69 Å². The third-order valence-corrected chi connectivity index (χ3v) is 3.55. The summed E-state index contributed by atoms with van der Waals surface area (Å²) in [6, 6.07) is 4.82. The monoisotopic (exact) mass is 334 g/mol. The maximum Gasteiger partial charge on any atom is 0.253 e. The summed E-state index contributed by atoms with van der Waals surface area (Å²) in [6.45, 7) is 2.42. The Bertz CT molecular complexity index is 725. The summed E-state index contributed by atoms with van der Waals surface area (Å²) in [5.74, 6) is -0.335. The molecule has 122 valence electrons. The van der Waals surface area contributed by atoms with E-state index in [4.69, 9.17) is 11.6 Å². The number of anilines is 1. The SMILES string of the molecule is Cc1cnn(CCC(=O)Nc2cc(C(=O)N(C)C)ccc2Cl)c1. The second-order valence-corrected chi connectivity index (χ2v) is 5.88. The Morgan fingerprint density at radius 1 is 1.35 bits per heavy atom. The van der Waals surface area contributed by atoms with E-state index in [9.17, 15) is 9.59 Å². The van der Waals surface area contributed by atoms with Crippen LogP contribution in [0.15, 0.2) is 30.6 Å². The first-order valence-electron chi connectivity index (χ1n) is 7.17. The normalized spacial score (nSPS) is 10.4. The molecule has 2 rings (SSSR count). The molecule has 0 radical (unpaired) electrons. The quantitative estimate of drug-likeness (QED) is 0.913. The van der Waals surface area contributed by atoms with Crippen LogP contribution in [-0.4, -0.2) is 40.6 Å². The van der Waals surface area contributed by atoms with Gasteiger partial charge >= 0.3 is 0 Å². The highest BCUT2D eigenvalue weighted by Crippen LogP contribution is 2.23. The molecule has 0 bridgehead atoms. The molecule has 0 aliphatic carbocycles. The summed E-state index contributed by atoms with van der Waals surface area (Å²) < 4.78 is 1.71. The van der Waals surface area contributed by atoms with Crippen molar-refractivity contribution in [3.8, 4) is 0 Å². The number of benzene rings is 1. The molecule has 23 heavy (non-hydrogen) atoms. The number of carbonyl (C=O) groups excluding carboxylic acids is 2. The minimum Gasteiger partial charge on any atom is -0.345 e. The lowest BCUT2D eigenvalue weighted by Gasteiger charge is -2.13. The van der Waals surface area contributed by atoms with Gasteiger partial charge in [0.25, 0.3) is 5.91 Å². The van der Waals surface area contributed by atoms with E-state index in [1.807, 2.05) is 13.1 Å². The van der Waals surface area contributed by atoms with Crippen molar-refractivity contribution in [2.45, 2.75) is 19.9 Å². The molecule has 1 N–H and O–H groups in total. The molecule has 1 aromatic heterocycles. The van der Waals surface area contributed by atoms with Crippen LogP contribution in [-0.2, 0) is 11.3 Å². The fourth-order valence-corrected chi connectivity index (χ4v) is 2.20. The first-order chi connectivity index (χ1) is 10.9. The summed E-state index contributed by atoms with van der Waals surface area (Å²) in [6.07, 6.45) is 3.88. The van der Waals surface area contributed by atoms with Crippen molar-refractivity contribution in [2.75, 3.05) is 19.4 Å². The summed E-state index contributed by atoms with van der Waals surface area (Å²) in [5.41, 5.74) is 1.95. The molecular weight excluding hydrogens is 316 g/mol. The predicted octanol–water partition coefficient (Wildman–Crippen LogP) is 2.58. The predicted molar refractivity (Wildman–Crippen MR) is 89.7 cm³/mol. The third-order valence-electron chi connectivity index (χ3n) is 3.22. The maximum absolute atomic E-state index is 12.1. The lowest BCUT2D eigenvalue weighted by atomic mass is 10.1. The molecule has 0 unspecified atom stereocenters. The van der Waals surface area contributed by atoms with E-state index in [0.29, 0.717) is 22.8 Å². The zero-order chi connectivity index (χ0) is 17.0. The van der Waals surface area contributed by atoms with Crippen molar-refractivity contribution < 1.29 is 9.59 Å². The van der Waals surface area contributed by atoms with Gasteiger partial charge in [0.15, 0.2) is 0 Å². The van der Waals surface area contributed by atoms with E-state index < -0.39 is 0 Å². The Morgan fingerprint density at radius 2 is 2.09 bits per heavy atom. The molecule has 0 spiro atoms. The van der Waals surface area contributed by atoms with E-state index in [1.165, 1.54) is 4.90 Å². The zero-order valence-corrected chi connectivity index (χ0v) is 14.1. The van der Waals surface area contributed by atoms with Crippen molar-refractivity contribution in [3.63, 3.8) is 0 Å². The smallest absolute Gasteiger partial charge is 0.253 e. The minimum atomic E-state index is -0.186. The van der Waals surface area contributed by atoms with Crippen LogP contribution in [0.5, 0.6) is 0 Å². The minimum absolute atomic E-state index is 0.149. The first-order valence-corrected chi connectivity index (χ1v) is 7.54. The molecule has 6 nitrogen and oxygen atoms in total. The Kier molecular flexibility index (Phi) is 5.39. The number of nitrogens with one attached hydrogen (secondary N) is 1. The molecule has 1 heterocycles. The van der Waals surface area contributed by atoms with E-state index >= 15 is 0 Å². The lowest BCUT2D eigenvalue weighted by Crippen LogP contribution is -2.22. The van der Waals surface area contributed by atoms with Gasteiger partial charge in [0.1, 0.15) is 0 Å². The van der Waals surface area contributed by atoms with Crippen LogP contribution in [0, 0.1) is 6.92 Å². The van der Waals surface area contributed by atoms with Gasteiger partial charge in [-0.05, 0) is 30.7 Å². The molecule has 2 amide bonds. The van der Waals surface area contributed by atoms with Gasteiger partial charge in [-0.25, -0.2) is 0 Å². The Morgan fingerprint density at radius 3 is 2.70 bits per heavy atom. The number of aromatic nitrogens is 2. The largest absolute Gasteiger partial charge is 0.345 e. The second-order valence-electron chi connectivity index (χ2n) is 5.47. The van der Waals surface area contributed by atoms with E-state index in [2.05, 4.69) is 10.4 Å². The first kappa shape index (κ1) is 17.0. The van der Waals surface area contributed by atoms with Gasteiger partial charge in [-0.15, -0.1) is 0 Å². The van der Waals surface area contributed by atoms with Crippen LogP contribution in [0.3, 0.4) is 0 Å². The van der Waals surface area contributed by atoms with Crippen molar-refractivity contribution in [3.05, 3.63) is 46.7 Å². The molecule has 0 aliphatic heterocycles. The Hall–Kier alpha value is -2.34. The van der Waals surface area contributed by atoms with Crippen molar-refractivity contribution >= 4 is 29.1 Å². The van der Waals surface area contributed by atoms with Crippen LogP contribution >= 0.6 is 11.6 Å². The van der Waals surface area contributed by atoms with Gasteiger partial charge in [0.05, 0.1) is 16.9 Å². The number of aryl methyl sites for hydroxylation is 2. The molecule has 0 saturated heterocycles. The average Bonchev–Trinajstić information content (AvgIpc) is 2.92. The number of amides is 2. The summed E-state index contributed by atoms with van der Waals surface area (Å²) in [7, 11) is 3.34. The lowest BCUT2D eigenvalue weighted by molar-refractivity contribution is -0.116. The van der Waals surface area contributed by atoms with Crippen molar-refractivity contribution in [2.24, 2.45) is 0 Å².